The molecule has 0 aromatic carbocycles. The first kappa shape index (κ1) is 15.0. The van der Waals surface area contributed by atoms with Gasteiger partial charge in [0.2, 0.25) is 0 Å². The third-order valence-electron chi connectivity index (χ3n) is 3.52. The van der Waals surface area contributed by atoms with E-state index >= 15 is 0 Å². The minimum Gasteiger partial charge on any atom is -0.481 e. The van der Waals surface area contributed by atoms with Gasteiger partial charge in [0.05, 0.1) is 5.41 Å². The number of thiophene rings is 1. The van der Waals surface area contributed by atoms with Crippen LogP contribution in [0.1, 0.15) is 17.7 Å². The minimum atomic E-state index is -0.699. The van der Waals surface area contributed by atoms with Crippen LogP contribution in [0.15, 0.2) is 15.9 Å². The number of nitrogens with zero attached hydrogens (tertiary/aromatic N) is 1. The molecule has 2 heterocycles. The van der Waals surface area contributed by atoms with Crippen LogP contribution in [0.25, 0.3) is 0 Å². The van der Waals surface area contributed by atoms with Crippen molar-refractivity contribution in [3.63, 3.8) is 0 Å². The first-order valence-electron chi connectivity index (χ1n) is 6.24. The number of carbonyl (C=O) groups is 1. The normalized spacial score (nSPS) is 18.7. The zero-order valence-corrected chi connectivity index (χ0v) is 13.3. The molecule has 1 fully saturated rings. The van der Waals surface area contributed by atoms with E-state index < -0.39 is 11.4 Å². The quantitative estimate of drug-likeness (QED) is 0.889. The number of aliphatic carboxylic acids is 1. The Kier molecular flexibility index (Phi) is 5.00. The van der Waals surface area contributed by atoms with Crippen molar-refractivity contribution in [2.75, 3.05) is 26.8 Å². The number of hydrogen-bond acceptors (Lipinski definition) is 4. The summed E-state index contributed by atoms with van der Waals surface area (Å²) >= 11 is 5.12. The van der Waals surface area contributed by atoms with E-state index in [1.54, 1.807) is 11.3 Å². The van der Waals surface area contributed by atoms with Crippen molar-refractivity contribution in [3.05, 3.63) is 20.8 Å². The number of carboxylic acid groups (broad SMARTS) is 1. The number of ether oxygens (including phenoxy) is 1. The zero-order valence-electron chi connectivity index (χ0n) is 10.9. The topological polar surface area (TPSA) is 49.8 Å². The van der Waals surface area contributed by atoms with Gasteiger partial charge in [0.15, 0.2) is 0 Å². The van der Waals surface area contributed by atoms with Gasteiger partial charge in [-0.2, -0.15) is 0 Å². The van der Waals surface area contributed by atoms with Crippen LogP contribution in [0, 0.1) is 5.41 Å². The van der Waals surface area contributed by atoms with Gasteiger partial charge in [-0.25, -0.2) is 0 Å². The molecule has 0 spiro atoms. The van der Waals surface area contributed by atoms with Gasteiger partial charge in [-0.05, 0) is 41.9 Å². The molecule has 2 rings (SSSR count). The Hall–Kier alpha value is -0.430. The third-order valence-corrected chi connectivity index (χ3v) is 5.21. The molecule has 0 atom stereocenters. The summed E-state index contributed by atoms with van der Waals surface area (Å²) in [6, 6.07) is 2.08. The van der Waals surface area contributed by atoms with E-state index in [-0.39, 0.29) is 0 Å². The Morgan fingerprint density at radius 1 is 1.58 bits per heavy atom. The summed E-state index contributed by atoms with van der Waals surface area (Å²) in [4.78, 5) is 14.9. The lowest BCUT2D eigenvalue weighted by Crippen LogP contribution is -2.45. The van der Waals surface area contributed by atoms with Gasteiger partial charge in [0, 0.05) is 41.0 Å². The molecule has 0 unspecified atom stereocenters. The summed E-state index contributed by atoms with van der Waals surface area (Å²) in [5, 5.41) is 11.6. The SMILES string of the molecule is CN(Cc1cc(Br)cs1)CC1(C(=O)O)CCOCC1. The predicted octanol–water partition coefficient (Wildman–Crippen LogP) is 2.82. The molecule has 0 saturated carbocycles. The third kappa shape index (κ3) is 3.78. The highest BCUT2D eigenvalue weighted by Gasteiger charge is 2.41. The molecule has 4 nitrogen and oxygen atoms in total. The van der Waals surface area contributed by atoms with Crippen molar-refractivity contribution in [3.8, 4) is 0 Å². The van der Waals surface area contributed by atoms with Crippen LogP contribution in [0.2, 0.25) is 0 Å². The largest absolute Gasteiger partial charge is 0.481 e. The number of halogens is 1. The average Bonchev–Trinajstić information content (AvgIpc) is 2.75. The van der Waals surface area contributed by atoms with Crippen molar-refractivity contribution in [2.45, 2.75) is 19.4 Å². The lowest BCUT2D eigenvalue weighted by Gasteiger charge is -2.36. The Bertz CT molecular complexity index is 443. The number of carboxylic acids is 1. The smallest absolute Gasteiger partial charge is 0.311 e. The maximum Gasteiger partial charge on any atom is 0.311 e. The molecule has 0 bridgehead atoms. The summed E-state index contributed by atoms with van der Waals surface area (Å²) < 4.78 is 6.38. The van der Waals surface area contributed by atoms with Crippen molar-refractivity contribution < 1.29 is 14.6 Å². The van der Waals surface area contributed by atoms with E-state index in [0.717, 1.165) is 11.0 Å². The van der Waals surface area contributed by atoms with Crippen LogP contribution in [-0.2, 0) is 16.1 Å². The first-order chi connectivity index (χ1) is 9.02. The fraction of sp³-hybridized carbons (Fsp3) is 0.615. The van der Waals surface area contributed by atoms with Crippen molar-refractivity contribution in [2.24, 2.45) is 5.41 Å². The van der Waals surface area contributed by atoms with E-state index in [9.17, 15) is 9.90 Å². The van der Waals surface area contributed by atoms with E-state index in [4.69, 9.17) is 4.74 Å². The second-order valence-electron chi connectivity index (χ2n) is 5.10. The van der Waals surface area contributed by atoms with Gasteiger partial charge in [0.25, 0.3) is 0 Å². The van der Waals surface area contributed by atoms with Gasteiger partial charge in [-0.1, -0.05) is 0 Å². The maximum absolute atomic E-state index is 11.6. The molecule has 106 valence electrons. The summed E-state index contributed by atoms with van der Waals surface area (Å²) in [7, 11) is 1.98. The first-order valence-corrected chi connectivity index (χ1v) is 7.92. The Morgan fingerprint density at radius 2 is 2.26 bits per heavy atom. The van der Waals surface area contributed by atoms with Crippen LogP contribution in [-0.4, -0.2) is 42.8 Å². The molecule has 1 aliphatic rings. The van der Waals surface area contributed by atoms with Gasteiger partial charge >= 0.3 is 5.97 Å². The molecule has 1 N–H and O–H groups in total. The Labute approximate surface area is 125 Å². The molecule has 6 heteroatoms. The molecular formula is C13H18BrNO3S. The van der Waals surface area contributed by atoms with Crippen LogP contribution in [0.4, 0.5) is 0 Å². The summed E-state index contributed by atoms with van der Waals surface area (Å²) in [6.07, 6.45) is 1.20. The van der Waals surface area contributed by atoms with Crippen molar-refractivity contribution in [1.29, 1.82) is 0 Å². The predicted molar refractivity (Wildman–Crippen MR) is 78.5 cm³/mol. The highest BCUT2D eigenvalue weighted by molar-refractivity contribution is 9.10. The summed E-state index contributed by atoms with van der Waals surface area (Å²) in [5.74, 6) is -0.699. The Morgan fingerprint density at radius 3 is 2.79 bits per heavy atom. The van der Waals surface area contributed by atoms with Crippen LogP contribution >= 0.6 is 27.3 Å². The highest BCUT2D eigenvalue weighted by Crippen LogP contribution is 2.32. The van der Waals surface area contributed by atoms with E-state index in [0.29, 0.717) is 32.6 Å². The molecule has 1 aliphatic heterocycles. The molecule has 1 aromatic rings. The Balaban J connectivity index is 1.98. The number of rotatable bonds is 5. The zero-order chi connectivity index (χ0) is 13.9. The molecule has 0 amide bonds. The van der Waals surface area contributed by atoms with Crippen molar-refractivity contribution >= 4 is 33.2 Å². The molecule has 0 aliphatic carbocycles. The maximum atomic E-state index is 11.6. The molecule has 19 heavy (non-hydrogen) atoms. The van der Waals surface area contributed by atoms with Crippen LogP contribution < -0.4 is 0 Å². The molecule has 1 saturated heterocycles. The highest BCUT2D eigenvalue weighted by atomic mass is 79.9. The average molecular weight is 348 g/mol. The molecular weight excluding hydrogens is 330 g/mol. The summed E-state index contributed by atoms with van der Waals surface area (Å²) in [5.41, 5.74) is -0.651. The minimum absolute atomic E-state index is 0.546. The van der Waals surface area contributed by atoms with Crippen LogP contribution in [0.5, 0.6) is 0 Å². The molecule has 1 aromatic heterocycles. The molecule has 0 radical (unpaired) electrons. The lowest BCUT2D eigenvalue weighted by atomic mass is 9.80. The van der Waals surface area contributed by atoms with Gasteiger partial charge in [-0.3, -0.25) is 4.79 Å². The van der Waals surface area contributed by atoms with E-state index in [1.807, 2.05) is 12.4 Å². The van der Waals surface area contributed by atoms with Crippen LogP contribution in [0.3, 0.4) is 0 Å². The van der Waals surface area contributed by atoms with Gasteiger partial charge in [0.1, 0.15) is 0 Å². The second kappa shape index (κ2) is 6.35. The van der Waals surface area contributed by atoms with E-state index in [2.05, 4.69) is 26.9 Å². The standard InChI is InChI=1S/C13H18BrNO3S/c1-15(7-11-6-10(14)8-19-11)9-13(12(16)17)2-4-18-5-3-13/h6,8H,2-5,7,9H2,1H3,(H,16,17). The fourth-order valence-corrected chi connectivity index (χ4v) is 4.01. The van der Waals surface area contributed by atoms with Gasteiger partial charge < -0.3 is 14.7 Å². The lowest BCUT2D eigenvalue weighted by molar-refractivity contribution is -0.156. The van der Waals surface area contributed by atoms with Crippen molar-refractivity contribution in [1.82, 2.24) is 4.90 Å². The monoisotopic (exact) mass is 347 g/mol. The van der Waals surface area contributed by atoms with Gasteiger partial charge in [-0.15, -0.1) is 11.3 Å². The number of hydrogen-bond donors (Lipinski definition) is 1. The summed E-state index contributed by atoms with van der Waals surface area (Å²) in [6.45, 7) is 2.45. The fourth-order valence-electron chi connectivity index (χ4n) is 2.48. The van der Waals surface area contributed by atoms with E-state index in [1.165, 1.54) is 4.88 Å². The second-order valence-corrected chi connectivity index (χ2v) is 7.01.